The van der Waals surface area contributed by atoms with Gasteiger partial charge in [0.15, 0.2) is 0 Å². The lowest BCUT2D eigenvalue weighted by molar-refractivity contribution is 0.284. The number of thiazole rings is 1. The van der Waals surface area contributed by atoms with Crippen molar-refractivity contribution in [3.05, 3.63) is 16.1 Å². The molecule has 1 aliphatic heterocycles. The van der Waals surface area contributed by atoms with Gasteiger partial charge in [-0.15, -0.1) is 11.3 Å². The molecule has 0 bridgehead atoms. The largest absolute Gasteiger partial charge is 0.306 e. The van der Waals surface area contributed by atoms with Gasteiger partial charge >= 0.3 is 0 Å². The molecule has 0 saturated carbocycles. The molecule has 4 heteroatoms. The van der Waals surface area contributed by atoms with Crippen molar-refractivity contribution in [3.63, 3.8) is 0 Å². The van der Waals surface area contributed by atoms with Crippen LogP contribution in [-0.2, 0) is 5.54 Å². The third kappa shape index (κ3) is 2.87. The summed E-state index contributed by atoms with van der Waals surface area (Å²) in [7, 11) is 2.22. The Morgan fingerprint density at radius 3 is 2.94 bits per heavy atom. The van der Waals surface area contributed by atoms with Crippen LogP contribution in [0.2, 0.25) is 0 Å². The zero-order chi connectivity index (χ0) is 12.3. The van der Waals surface area contributed by atoms with Gasteiger partial charge in [-0.2, -0.15) is 0 Å². The normalized spacial score (nSPS) is 27.0. The molecule has 96 valence electrons. The van der Waals surface area contributed by atoms with E-state index in [1.54, 1.807) is 0 Å². The molecule has 0 radical (unpaired) electrons. The lowest BCUT2D eigenvalue weighted by Crippen LogP contribution is -2.43. The molecule has 1 N–H and O–H groups in total. The molecule has 1 unspecified atom stereocenters. The summed E-state index contributed by atoms with van der Waals surface area (Å²) < 4.78 is 0. The summed E-state index contributed by atoms with van der Waals surface area (Å²) in [5.41, 5.74) is 1.28. The smallest absolute Gasteiger partial charge is 0.113 e. The number of rotatable bonds is 3. The molecule has 1 aromatic heterocycles. The molecule has 1 aliphatic rings. The van der Waals surface area contributed by atoms with Gasteiger partial charge in [0.25, 0.3) is 0 Å². The van der Waals surface area contributed by atoms with E-state index < -0.39 is 0 Å². The van der Waals surface area contributed by atoms with Crippen LogP contribution in [0.4, 0.5) is 0 Å². The van der Waals surface area contributed by atoms with Gasteiger partial charge in [0.2, 0.25) is 0 Å². The van der Waals surface area contributed by atoms with E-state index in [-0.39, 0.29) is 5.54 Å². The standard InChI is InChI=1S/C13H23N3S/c1-4-14-13(12-15-11(2)10-17-12)6-5-8-16(3)9-7-13/h10,14H,4-9H2,1-3H3. The highest BCUT2D eigenvalue weighted by molar-refractivity contribution is 7.09. The molecular weight excluding hydrogens is 230 g/mol. The van der Waals surface area contributed by atoms with E-state index in [1.807, 2.05) is 11.3 Å². The lowest BCUT2D eigenvalue weighted by atomic mass is 9.91. The van der Waals surface area contributed by atoms with E-state index in [2.05, 4.69) is 36.5 Å². The van der Waals surface area contributed by atoms with Crippen molar-refractivity contribution in [1.82, 2.24) is 15.2 Å². The fraction of sp³-hybridized carbons (Fsp3) is 0.769. The van der Waals surface area contributed by atoms with E-state index in [9.17, 15) is 0 Å². The van der Waals surface area contributed by atoms with Gasteiger partial charge in [0, 0.05) is 17.6 Å². The van der Waals surface area contributed by atoms with Crippen LogP contribution >= 0.6 is 11.3 Å². The molecule has 1 atom stereocenters. The van der Waals surface area contributed by atoms with Crippen molar-refractivity contribution >= 4 is 11.3 Å². The molecule has 0 aliphatic carbocycles. The first-order chi connectivity index (χ1) is 8.16. The van der Waals surface area contributed by atoms with E-state index in [0.717, 1.165) is 18.8 Å². The Hall–Kier alpha value is -0.450. The number of aryl methyl sites for hydroxylation is 1. The summed E-state index contributed by atoms with van der Waals surface area (Å²) in [6, 6.07) is 0. The summed E-state index contributed by atoms with van der Waals surface area (Å²) >= 11 is 1.81. The summed E-state index contributed by atoms with van der Waals surface area (Å²) in [6.07, 6.45) is 3.63. The zero-order valence-electron chi connectivity index (χ0n) is 11.1. The minimum absolute atomic E-state index is 0.123. The number of hydrogen-bond donors (Lipinski definition) is 1. The first-order valence-corrected chi connectivity index (χ1v) is 7.40. The van der Waals surface area contributed by atoms with E-state index in [1.165, 1.54) is 30.8 Å². The minimum Gasteiger partial charge on any atom is -0.306 e. The molecule has 2 rings (SSSR count). The second-order valence-corrected chi connectivity index (χ2v) is 5.92. The Morgan fingerprint density at radius 1 is 1.47 bits per heavy atom. The van der Waals surface area contributed by atoms with Crippen molar-refractivity contribution in [2.75, 3.05) is 26.7 Å². The van der Waals surface area contributed by atoms with Crippen LogP contribution in [0.15, 0.2) is 5.38 Å². The van der Waals surface area contributed by atoms with Gasteiger partial charge in [-0.3, -0.25) is 0 Å². The SMILES string of the molecule is CCNC1(c2nc(C)cs2)CCCN(C)CC1. The summed E-state index contributed by atoms with van der Waals surface area (Å²) in [4.78, 5) is 7.16. The lowest BCUT2D eigenvalue weighted by Gasteiger charge is -2.31. The molecule has 0 aromatic carbocycles. The maximum absolute atomic E-state index is 4.73. The van der Waals surface area contributed by atoms with Crippen molar-refractivity contribution in [3.8, 4) is 0 Å². The number of likely N-dealkylation sites (tertiary alicyclic amines) is 1. The van der Waals surface area contributed by atoms with Crippen LogP contribution in [0.3, 0.4) is 0 Å². The molecule has 2 heterocycles. The Bertz CT molecular complexity index is 363. The van der Waals surface area contributed by atoms with Crippen molar-refractivity contribution < 1.29 is 0 Å². The third-order valence-corrected chi connectivity index (χ3v) is 4.77. The second kappa shape index (κ2) is 5.46. The van der Waals surface area contributed by atoms with Gasteiger partial charge in [-0.05, 0) is 46.3 Å². The molecule has 1 aromatic rings. The summed E-state index contributed by atoms with van der Waals surface area (Å²) in [5, 5.41) is 7.16. The first kappa shape index (κ1) is 13.0. The predicted molar refractivity (Wildman–Crippen MR) is 73.6 cm³/mol. The highest BCUT2D eigenvalue weighted by Gasteiger charge is 2.35. The molecule has 17 heavy (non-hydrogen) atoms. The number of nitrogens with one attached hydrogen (secondary N) is 1. The Balaban J connectivity index is 2.24. The van der Waals surface area contributed by atoms with Crippen molar-refractivity contribution in [1.29, 1.82) is 0 Å². The maximum Gasteiger partial charge on any atom is 0.113 e. The number of aromatic nitrogens is 1. The third-order valence-electron chi connectivity index (χ3n) is 3.61. The van der Waals surface area contributed by atoms with Crippen molar-refractivity contribution in [2.24, 2.45) is 0 Å². The first-order valence-electron chi connectivity index (χ1n) is 6.52. The molecule has 0 spiro atoms. The van der Waals surface area contributed by atoms with Gasteiger partial charge in [-0.1, -0.05) is 6.92 Å². The highest BCUT2D eigenvalue weighted by Crippen LogP contribution is 2.34. The van der Waals surface area contributed by atoms with Gasteiger partial charge in [0.1, 0.15) is 5.01 Å². The Kier molecular flexibility index (Phi) is 4.17. The Labute approximate surface area is 108 Å². The topological polar surface area (TPSA) is 28.2 Å². The molecular formula is C13H23N3S. The average molecular weight is 253 g/mol. The van der Waals surface area contributed by atoms with Crippen LogP contribution in [0.1, 0.15) is 36.9 Å². The monoisotopic (exact) mass is 253 g/mol. The van der Waals surface area contributed by atoms with E-state index >= 15 is 0 Å². The predicted octanol–water partition coefficient (Wildman–Crippen LogP) is 2.37. The maximum atomic E-state index is 4.73. The van der Waals surface area contributed by atoms with Crippen LogP contribution < -0.4 is 5.32 Å². The fourth-order valence-corrected chi connectivity index (χ4v) is 3.68. The van der Waals surface area contributed by atoms with Crippen LogP contribution in [0.5, 0.6) is 0 Å². The fourth-order valence-electron chi connectivity index (χ4n) is 2.65. The Morgan fingerprint density at radius 2 is 2.29 bits per heavy atom. The van der Waals surface area contributed by atoms with Crippen LogP contribution in [-0.4, -0.2) is 36.6 Å². The molecule has 3 nitrogen and oxygen atoms in total. The van der Waals surface area contributed by atoms with Crippen molar-refractivity contribution in [2.45, 2.75) is 38.6 Å². The average Bonchev–Trinajstić information content (AvgIpc) is 2.64. The second-order valence-electron chi connectivity index (χ2n) is 5.06. The summed E-state index contributed by atoms with van der Waals surface area (Å²) in [5.74, 6) is 0. The quantitative estimate of drug-likeness (QED) is 0.896. The summed E-state index contributed by atoms with van der Waals surface area (Å²) in [6.45, 7) is 7.66. The number of nitrogens with zero attached hydrogens (tertiary/aromatic N) is 2. The molecule has 1 saturated heterocycles. The highest BCUT2D eigenvalue weighted by atomic mass is 32.1. The minimum atomic E-state index is 0.123. The van der Waals surface area contributed by atoms with Crippen LogP contribution in [0, 0.1) is 6.92 Å². The van der Waals surface area contributed by atoms with E-state index in [0.29, 0.717) is 0 Å². The van der Waals surface area contributed by atoms with E-state index in [4.69, 9.17) is 4.98 Å². The van der Waals surface area contributed by atoms with Crippen LogP contribution in [0.25, 0.3) is 0 Å². The van der Waals surface area contributed by atoms with Gasteiger partial charge in [-0.25, -0.2) is 4.98 Å². The molecule has 1 fully saturated rings. The molecule has 0 amide bonds. The number of hydrogen-bond acceptors (Lipinski definition) is 4. The van der Waals surface area contributed by atoms with Gasteiger partial charge < -0.3 is 10.2 Å². The van der Waals surface area contributed by atoms with Gasteiger partial charge in [0.05, 0.1) is 5.54 Å². The zero-order valence-corrected chi connectivity index (χ0v) is 11.9.